The molecule has 0 N–H and O–H groups in total. The van der Waals surface area contributed by atoms with Crippen LogP contribution < -0.4 is 0 Å². The first-order chi connectivity index (χ1) is 10.8. The number of hydrogen-bond donors (Lipinski definition) is 0. The van der Waals surface area contributed by atoms with Crippen molar-refractivity contribution in [1.29, 1.82) is 0 Å². The fourth-order valence-electron chi connectivity index (χ4n) is 2.61. The van der Waals surface area contributed by atoms with Crippen LogP contribution in [0.2, 0.25) is 0 Å². The minimum absolute atomic E-state index is 0.221. The van der Waals surface area contributed by atoms with Gasteiger partial charge in [0, 0.05) is 12.3 Å². The number of carbonyl (C=O) groups excluding carboxylic acids is 1. The van der Waals surface area contributed by atoms with E-state index < -0.39 is 0 Å². The van der Waals surface area contributed by atoms with Gasteiger partial charge in [-0.3, -0.25) is 4.79 Å². The third-order valence-corrected chi connectivity index (χ3v) is 5.04. The van der Waals surface area contributed by atoms with E-state index in [0.29, 0.717) is 11.8 Å². The summed E-state index contributed by atoms with van der Waals surface area (Å²) in [5.41, 5.74) is 1.91. The van der Waals surface area contributed by atoms with Gasteiger partial charge in [-0.1, -0.05) is 25.5 Å². The lowest BCUT2D eigenvalue weighted by molar-refractivity contribution is -0.130. The number of hydrogen-bond acceptors (Lipinski definition) is 5. The van der Waals surface area contributed by atoms with E-state index in [1.165, 1.54) is 0 Å². The molecule has 0 bridgehead atoms. The van der Waals surface area contributed by atoms with Crippen LogP contribution >= 0.6 is 11.8 Å². The number of nitrogens with zero attached hydrogens (tertiary/aromatic N) is 5. The van der Waals surface area contributed by atoms with E-state index in [-0.39, 0.29) is 5.91 Å². The average molecular weight is 317 g/mol. The fourth-order valence-corrected chi connectivity index (χ4v) is 3.99. The summed E-state index contributed by atoms with van der Waals surface area (Å²) in [5, 5.41) is 11.4. The molecule has 1 aliphatic heterocycles. The molecule has 0 aliphatic carbocycles. The Morgan fingerprint density at radius 2 is 2.18 bits per heavy atom. The Hall–Kier alpha value is -1.89. The number of carbonyl (C=O) groups is 1. The van der Waals surface area contributed by atoms with E-state index >= 15 is 0 Å². The summed E-state index contributed by atoms with van der Waals surface area (Å²) in [4.78, 5) is 14.5. The minimum atomic E-state index is 0.221. The van der Waals surface area contributed by atoms with Gasteiger partial charge in [0.25, 0.3) is 0 Å². The molecule has 6 nitrogen and oxygen atoms in total. The van der Waals surface area contributed by atoms with Crippen molar-refractivity contribution >= 4 is 17.7 Å². The second kappa shape index (κ2) is 6.91. The summed E-state index contributed by atoms with van der Waals surface area (Å²) < 4.78 is 1.60. The van der Waals surface area contributed by atoms with Crippen LogP contribution in [0.25, 0.3) is 5.69 Å². The molecule has 1 aromatic heterocycles. The Morgan fingerprint density at radius 3 is 2.86 bits per heavy atom. The number of tetrazole rings is 1. The molecular weight excluding hydrogens is 298 g/mol. The maximum atomic E-state index is 12.5. The molecule has 7 heteroatoms. The molecule has 2 aromatic rings. The molecular formula is C15H19N5OS. The summed E-state index contributed by atoms with van der Waals surface area (Å²) >= 11 is 1.89. The normalized spacial score (nSPS) is 17.9. The summed E-state index contributed by atoms with van der Waals surface area (Å²) in [6, 6.07) is 7.79. The lowest BCUT2D eigenvalue weighted by atomic mass is 10.1. The van der Waals surface area contributed by atoms with Crippen molar-refractivity contribution in [2.75, 3.05) is 12.3 Å². The fraction of sp³-hybridized carbons (Fsp3) is 0.467. The lowest BCUT2D eigenvalue weighted by Crippen LogP contribution is -2.35. The van der Waals surface area contributed by atoms with Gasteiger partial charge in [-0.25, -0.2) is 4.68 Å². The highest BCUT2D eigenvalue weighted by Gasteiger charge is 2.28. The molecule has 1 atom stereocenters. The molecule has 1 saturated heterocycles. The molecule has 0 saturated carbocycles. The van der Waals surface area contributed by atoms with Crippen molar-refractivity contribution < 1.29 is 4.79 Å². The number of amides is 1. The van der Waals surface area contributed by atoms with Gasteiger partial charge in [-0.2, -0.15) is 0 Å². The van der Waals surface area contributed by atoms with Crippen LogP contribution in [0.1, 0.15) is 25.3 Å². The Kier molecular flexibility index (Phi) is 4.72. The van der Waals surface area contributed by atoms with E-state index in [9.17, 15) is 4.79 Å². The predicted octanol–water partition coefficient (Wildman–Crippen LogP) is 1.91. The maximum absolute atomic E-state index is 12.5. The van der Waals surface area contributed by atoms with Crippen molar-refractivity contribution in [3.8, 4) is 5.69 Å². The second-order valence-electron chi connectivity index (χ2n) is 5.30. The first-order valence-electron chi connectivity index (χ1n) is 7.51. The molecule has 1 aliphatic rings. The Balaban J connectivity index is 1.64. The van der Waals surface area contributed by atoms with Crippen molar-refractivity contribution in [1.82, 2.24) is 25.1 Å². The Bertz CT molecular complexity index is 613. The van der Waals surface area contributed by atoms with E-state index in [1.807, 2.05) is 40.9 Å². The van der Waals surface area contributed by atoms with Crippen molar-refractivity contribution in [3.05, 3.63) is 36.2 Å². The first kappa shape index (κ1) is 15.0. The van der Waals surface area contributed by atoms with Gasteiger partial charge < -0.3 is 4.90 Å². The van der Waals surface area contributed by atoms with E-state index in [1.54, 1.807) is 11.0 Å². The largest absolute Gasteiger partial charge is 0.330 e. The van der Waals surface area contributed by atoms with Gasteiger partial charge in [0.1, 0.15) is 6.33 Å². The number of rotatable bonds is 5. The minimum Gasteiger partial charge on any atom is -0.330 e. The average Bonchev–Trinajstić information content (AvgIpc) is 3.19. The third-order valence-electron chi connectivity index (χ3n) is 3.75. The highest BCUT2D eigenvalue weighted by molar-refractivity contribution is 8.00. The smallest absolute Gasteiger partial charge is 0.227 e. The molecule has 1 fully saturated rings. The standard InChI is InChI=1S/C15H19N5OS/c1-2-3-15-19(8-9-22-15)14(21)10-12-4-6-13(7-5-12)20-11-16-17-18-20/h4-7,11,15H,2-3,8-10H2,1H3. The van der Waals surface area contributed by atoms with Gasteiger partial charge in [-0.05, 0) is 34.5 Å². The molecule has 3 rings (SSSR count). The third kappa shape index (κ3) is 3.30. The van der Waals surface area contributed by atoms with E-state index in [2.05, 4.69) is 22.4 Å². The van der Waals surface area contributed by atoms with Gasteiger partial charge >= 0.3 is 0 Å². The molecule has 116 valence electrons. The quantitative estimate of drug-likeness (QED) is 0.843. The first-order valence-corrected chi connectivity index (χ1v) is 8.56. The number of aromatic nitrogens is 4. The van der Waals surface area contributed by atoms with Crippen molar-refractivity contribution in [2.45, 2.75) is 31.6 Å². The Morgan fingerprint density at radius 1 is 1.36 bits per heavy atom. The monoisotopic (exact) mass is 317 g/mol. The second-order valence-corrected chi connectivity index (χ2v) is 6.58. The summed E-state index contributed by atoms with van der Waals surface area (Å²) in [5.74, 6) is 1.27. The van der Waals surface area contributed by atoms with E-state index in [0.717, 1.165) is 36.4 Å². The molecule has 0 spiro atoms. The van der Waals surface area contributed by atoms with Crippen LogP contribution in [0, 0.1) is 0 Å². The zero-order valence-electron chi connectivity index (χ0n) is 12.6. The molecule has 1 amide bonds. The number of benzene rings is 1. The van der Waals surface area contributed by atoms with Crippen LogP contribution in [0.3, 0.4) is 0 Å². The SMILES string of the molecule is CCCC1SCCN1C(=O)Cc1ccc(-n2cnnn2)cc1. The van der Waals surface area contributed by atoms with Crippen LogP contribution in [0.4, 0.5) is 0 Å². The molecule has 2 heterocycles. The van der Waals surface area contributed by atoms with Crippen molar-refractivity contribution in [2.24, 2.45) is 0 Å². The van der Waals surface area contributed by atoms with Gasteiger partial charge in [0.15, 0.2) is 0 Å². The molecule has 1 unspecified atom stereocenters. The van der Waals surface area contributed by atoms with Crippen LogP contribution in [0.15, 0.2) is 30.6 Å². The topological polar surface area (TPSA) is 63.9 Å². The summed E-state index contributed by atoms with van der Waals surface area (Å²) in [6.07, 6.45) is 4.20. The molecule has 1 aromatic carbocycles. The highest BCUT2D eigenvalue weighted by Crippen LogP contribution is 2.28. The van der Waals surface area contributed by atoms with Gasteiger partial charge in [-0.15, -0.1) is 16.9 Å². The zero-order chi connectivity index (χ0) is 15.4. The zero-order valence-corrected chi connectivity index (χ0v) is 13.4. The predicted molar refractivity (Wildman–Crippen MR) is 85.7 cm³/mol. The van der Waals surface area contributed by atoms with Gasteiger partial charge in [0.05, 0.1) is 17.5 Å². The Labute approximate surface area is 133 Å². The summed E-state index contributed by atoms with van der Waals surface area (Å²) in [7, 11) is 0. The van der Waals surface area contributed by atoms with E-state index in [4.69, 9.17) is 0 Å². The molecule has 22 heavy (non-hydrogen) atoms. The van der Waals surface area contributed by atoms with Crippen molar-refractivity contribution in [3.63, 3.8) is 0 Å². The van der Waals surface area contributed by atoms with Crippen LogP contribution in [-0.2, 0) is 11.2 Å². The van der Waals surface area contributed by atoms with Crippen LogP contribution in [-0.4, -0.2) is 48.7 Å². The molecule has 0 radical (unpaired) electrons. The lowest BCUT2D eigenvalue weighted by Gasteiger charge is -2.23. The number of thioether (sulfide) groups is 1. The summed E-state index contributed by atoms with van der Waals surface area (Å²) in [6.45, 7) is 3.04. The van der Waals surface area contributed by atoms with Gasteiger partial charge in [0.2, 0.25) is 5.91 Å². The van der Waals surface area contributed by atoms with Crippen LogP contribution in [0.5, 0.6) is 0 Å². The maximum Gasteiger partial charge on any atom is 0.227 e. The highest BCUT2D eigenvalue weighted by atomic mass is 32.2.